The minimum Gasteiger partial charge on any atom is -0.494 e. The summed E-state index contributed by atoms with van der Waals surface area (Å²) in [5.41, 5.74) is 0.823. The van der Waals surface area contributed by atoms with Crippen molar-refractivity contribution in [2.75, 3.05) is 53.2 Å². The Morgan fingerprint density at radius 3 is 2.15 bits per heavy atom. The van der Waals surface area contributed by atoms with Crippen molar-refractivity contribution >= 4 is 34.3 Å². The molecule has 0 aliphatic carbocycles. The maximum Gasteiger partial charge on any atom is 0.336 e. The van der Waals surface area contributed by atoms with E-state index < -0.39 is 0 Å². The van der Waals surface area contributed by atoms with E-state index in [0.29, 0.717) is 11.2 Å². The van der Waals surface area contributed by atoms with Gasteiger partial charge in [0.1, 0.15) is 28.4 Å². The van der Waals surface area contributed by atoms with Gasteiger partial charge in [0.2, 0.25) is 0 Å². The number of hydrogen-bond donors (Lipinski definition) is 0. The number of fused-ring (bicyclic) bond motifs is 2. The van der Waals surface area contributed by atoms with Crippen molar-refractivity contribution < 1.29 is 27.8 Å². The molecule has 0 spiro atoms. The van der Waals surface area contributed by atoms with Gasteiger partial charge < -0.3 is 27.8 Å². The summed E-state index contributed by atoms with van der Waals surface area (Å²) in [4.78, 5) is 13.7. The molecular formula is C32H42ClNO7. The fraction of sp³-hybridized carbons (Fsp3) is 0.469. The Bertz CT molecular complexity index is 1390. The Morgan fingerprint density at radius 1 is 0.878 bits per heavy atom. The molecule has 0 atom stereocenters. The number of halogens is 1. The standard InChI is InChI=1S/C17H27NO3.C15H14O4.ClH/c1-2-3-12-20-16-5-7-17(8-6-16)21-13-4-9-18-10-14-19-15-11-18;1-8(2)14-15(17-3)10-6-9-4-5-13(16)18-11(9)7-12(10)19-14;/h5-8H,2-4,9-15H2,1H3;4-8H,1-3H3;1H. The molecule has 2 aromatic carbocycles. The molecule has 0 unspecified atom stereocenters. The van der Waals surface area contributed by atoms with Crippen LogP contribution < -0.4 is 19.8 Å². The molecule has 4 aromatic rings. The van der Waals surface area contributed by atoms with Crippen LogP contribution in [0.1, 0.15) is 51.7 Å². The third-order valence-corrected chi connectivity index (χ3v) is 6.72. The summed E-state index contributed by atoms with van der Waals surface area (Å²) in [6.07, 6.45) is 3.30. The number of methoxy groups -OCH3 is 1. The first-order valence-corrected chi connectivity index (χ1v) is 14.2. The molecule has 41 heavy (non-hydrogen) atoms. The highest BCUT2D eigenvalue weighted by molar-refractivity contribution is 5.97. The first-order valence-electron chi connectivity index (χ1n) is 14.2. The van der Waals surface area contributed by atoms with Crippen LogP contribution in [0.15, 0.2) is 62.2 Å². The molecule has 0 radical (unpaired) electrons. The number of rotatable bonds is 11. The normalized spacial score (nSPS) is 13.5. The summed E-state index contributed by atoms with van der Waals surface area (Å²) in [7, 11) is 1.63. The predicted molar refractivity (Wildman–Crippen MR) is 164 cm³/mol. The van der Waals surface area contributed by atoms with E-state index in [9.17, 15) is 4.79 Å². The molecule has 2 aromatic heterocycles. The van der Waals surface area contributed by atoms with Crippen molar-refractivity contribution in [3.8, 4) is 17.2 Å². The van der Waals surface area contributed by atoms with Gasteiger partial charge in [-0.15, -0.1) is 12.4 Å². The molecule has 0 N–H and O–H groups in total. The van der Waals surface area contributed by atoms with Gasteiger partial charge >= 0.3 is 5.63 Å². The van der Waals surface area contributed by atoms with E-state index in [1.165, 1.54) is 6.07 Å². The number of benzene rings is 2. The predicted octanol–water partition coefficient (Wildman–Crippen LogP) is 7.06. The van der Waals surface area contributed by atoms with Gasteiger partial charge in [-0.25, -0.2) is 4.79 Å². The molecule has 3 heterocycles. The topological polar surface area (TPSA) is 83.5 Å². The summed E-state index contributed by atoms with van der Waals surface area (Å²) in [6, 6.07) is 14.7. The van der Waals surface area contributed by atoms with Crippen LogP contribution in [0.5, 0.6) is 17.2 Å². The zero-order valence-corrected chi connectivity index (χ0v) is 25.3. The maximum atomic E-state index is 11.2. The van der Waals surface area contributed by atoms with Crippen molar-refractivity contribution in [1.29, 1.82) is 0 Å². The van der Waals surface area contributed by atoms with Gasteiger partial charge in [-0.05, 0) is 49.2 Å². The fourth-order valence-electron chi connectivity index (χ4n) is 4.52. The molecule has 1 fully saturated rings. The lowest BCUT2D eigenvalue weighted by molar-refractivity contribution is 0.0358. The fourth-order valence-corrected chi connectivity index (χ4v) is 4.52. The zero-order chi connectivity index (χ0) is 28.3. The number of nitrogens with zero attached hydrogens (tertiary/aromatic N) is 1. The minimum atomic E-state index is -0.366. The van der Waals surface area contributed by atoms with E-state index in [-0.39, 0.29) is 24.0 Å². The highest BCUT2D eigenvalue weighted by atomic mass is 35.5. The van der Waals surface area contributed by atoms with Gasteiger partial charge in [-0.1, -0.05) is 27.2 Å². The molecule has 1 aliphatic rings. The molecule has 0 amide bonds. The van der Waals surface area contributed by atoms with Crippen molar-refractivity contribution in [3.05, 3.63) is 64.7 Å². The molecule has 0 saturated carbocycles. The minimum absolute atomic E-state index is 0. The van der Waals surface area contributed by atoms with Gasteiger partial charge in [0.25, 0.3) is 0 Å². The average Bonchev–Trinajstić information content (AvgIpc) is 3.33. The van der Waals surface area contributed by atoms with Crippen LogP contribution in [-0.4, -0.2) is 58.1 Å². The van der Waals surface area contributed by atoms with E-state index in [4.69, 9.17) is 27.8 Å². The van der Waals surface area contributed by atoms with E-state index in [1.54, 1.807) is 19.2 Å². The van der Waals surface area contributed by atoms with E-state index >= 15 is 0 Å². The van der Waals surface area contributed by atoms with Crippen LogP contribution >= 0.6 is 12.4 Å². The SMILES string of the molecule is CCCCOc1ccc(OCCCN2CCOCC2)cc1.COc1c(C(C)C)oc2cc3oc(=O)ccc3cc12.Cl. The molecule has 1 aliphatic heterocycles. The van der Waals surface area contributed by atoms with E-state index in [0.717, 1.165) is 99.1 Å². The number of unbranched alkanes of at least 4 members (excludes halogenated alkanes) is 1. The Balaban J connectivity index is 0.000000221. The summed E-state index contributed by atoms with van der Waals surface area (Å²) in [5.74, 6) is 3.61. The van der Waals surface area contributed by atoms with Crippen LogP contribution in [0.4, 0.5) is 0 Å². The van der Waals surface area contributed by atoms with Crippen molar-refractivity contribution in [3.63, 3.8) is 0 Å². The Hall–Kier alpha value is -3.20. The number of furan rings is 1. The Kier molecular flexibility index (Phi) is 12.8. The van der Waals surface area contributed by atoms with Crippen LogP contribution in [0.3, 0.4) is 0 Å². The van der Waals surface area contributed by atoms with Crippen molar-refractivity contribution in [2.45, 2.75) is 46.0 Å². The number of morpholine rings is 1. The van der Waals surface area contributed by atoms with E-state index in [2.05, 4.69) is 11.8 Å². The Labute approximate surface area is 247 Å². The highest BCUT2D eigenvalue weighted by Gasteiger charge is 2.18. The third kappa shape index (κ3) is 9.15. The largest absolute Gasteiger partial charge is 0.494 e. The second-order valence-electron chi connectivity index (χ2n) is 10.1. The molecule has 9 heteroatoms. The lowest BCUT2D eigenvalue weighted by Crippen LogP contribution is -2.37. The molecule has 8 nitrogen and oxygen atoms in total. The number of hydrogen-bond acceptors (Lipinski definition) is 8. The van der Waals surface area contributed by atoms with Crippen LogP contribution in [0.2, 0.25) is 0 Å². The second kappa shape index (κ2) is 16.3. The Morgan fingerprint density at radius 2 is 1.54 bits per heavy atom. The quantitative estimate of drug-likeness (QED) is 0.136. The van der Waals surface area contributed by atoms with Crippen LogP contribution in [0.25, 0.3) is 21.9 Å². The molecule has 224 valence electrons. The lowest BCUT2D eigenvalue weighted by Gasteiger charge is -2.26. The first kappa shape index (κ1) is 32.3. The summed E-state index contributed by atoms with van der Waals surface area (Å²) < 4.78 is 33.1. The van der Waals surface area contributed by atoms with Crippen LogP contribution in [-0.2, 0) is 4.74 Å². The molecule has 5 rings (SSSR count). The molecule has 0 bridgehead atoms. The van der Waals surface area contributed by atoms with Gasteiger partial charge in [0.15, 0.2) is 5.75 Å². The van der Waals surface area contributed by atoms with Crippen LogP contribution in [0, 0.1) is 0 Å². The highest BCUT2D eigenvalue weighted by Crippen LogP contribution is 2.38. The first-order chi connectivity index (χ1) is 19.5. The van der Waals surface area contributed by atoms with Crippen molar-refractivity contribution in [2.24, 2.45) is 0 Å². The van der Waals surface area contributed by atoms with Gasteiger partial charge in [0.05, 0.1) is 38.9 Å². The molecule has 1 saturated heterocycles. The van der Waals surface area contributed by atoms with Gasteiger partial charge in [-0.3, -0.25) is 4.90 Å². The summed E-state index contributed by atoms with van der Waals surface area (Å²) in [5, 5.41) is 1.74. The summed E-state index contributed by atoms with van der Waals surface area (Å²) >= 11 is 0. The van der Waals surface area contributed by atoms with E-state index in [1.807, 2.05) is 44.2 Å². The van der Waals surface area contributed by atoms with Gasteiger partial charge in [-0.2, -0.15) is 0 Å². The second-order valence-corrected chi connectivity index (χ2v) is 10.1. The monoisotopic (exact) mass is 587 g/mol. The zero-order valence-electron chi connectivity index (χ0n) is 24.5. The number of ether oxygens (including phenoxy) is 4. The summed E-state index contributed by atoms with van der Waals surface area (Å²) in [6.45, 7) is 12.7. The average molecular weight is 588 g/mol. The maximum absolute atomic E-state index is 11.2. The smallest absolute Gasteiger partial charge is 0.336 e. The van der Waals surface area contributed by atoms with Gasteiger partial charge in [0, 0.05) is 43.1 Å². The third-order valence-electron chi connectivity index (χ3n) is 6.72. The molecular weight excluding hydrogens is 546 g/mol. The van der Waals surface area contributed by atoms with Crippen molar-refractivity contribution in [1.82, 2.24) is 4.90 Å². The lowest BCUT2D eigenvalue weighted by atomic mass is 10.1.